The van der Waals surface area contributed by atoms with Gasteiger partial charge in [0.1, 0.15) is 0 Å². The van der Waals surface area contributed by atoms with Gasteiger partial charge in [0.25, 0.3) is 0 Å². The van der Waals surface area contributed by atoms with Crippen LogP contribution in [0.1, 0.15) is 45.1 Å². The summed E-state index contributed by atoms with van der Waals surface area (Å²) in [5, 5.41) is 3.14. The van der Waals surface area contributed by atoms with Crippen molar-refractivity contribution >= 4 is 5.91 Å². The summed E-state index contributed by atoms with van der Waals surface area (Å²) in [4.78, 5) is 14.6. The third-order valence-electron chi connectivity index (χ3n) is 4.17. The predicted molar refractivity (Wildman–Crippen MR) is 90.4 cm³/mol. The van der Waals surface area contributed by atoms with E-state index >= 15 is 0 Å². The summed E-state index contributed by atoms with van der Waals surface area (Å²) in [6, 6.07) is 10.7. The molecule has 1 aromatic carbocycles. The van der Waals surface area contributed by atoms with E-state index in [2.05, 4.69) is 34.5 Å². The van der Waals surface area contributed by atoms with E-state index in [-0.39, 0.29) is 11.9 Å². The van der Waals surface area contributed by atoms with Crippen LogP contribution in [-0.2, 0) is 11.3 Å². The number of benzene rings is 1. The van der Waals surface area contributed by atoms with Crippen molar-refractivity contribution < 1.29 is 4.79 Å². The number of nitrogens with two attached hydrogens (primary N) is 1. The van der Waals surface area contributed by atoms with E-state index in [9.17, 15) is 4.79 Å². The number of hydrogen-bond acceptors (Lipinski definition) is 3. The standard InChI is InChI=1S/C18H29N3O/c1-18(2,19)17(22)20-16-11-7-4-8-12-21(14-16)13-15-9-5-3-6-10-15/h3,5-6,9-10,16H,4,7-8,11-14,19H2,1-2H3,(H,20,22). The van der Waals surface area contributed by atoms with Crippen molar-refractivity contribution in [3.63, 3.8) is 0 Å². The Morgan fingerprint density at radius 1 is 1.27 bits per heavy atom. The molecule has 1 heterocycles. The molecule has 4 nitrogen and oxygen atoms in total. The second-order valence-corrected chi connectivity index (χ2v) is 6.96. The van der Waals surface area contributed by atoms with Gasteiger partial charge < -0.3 is 11.1 Å². The number of likely N-dealkylation sites (tertiary alicyclic amines) is 1. The molecule has 1 aromatic rings. The van der Waals surface area contributed by atoms with Crippen LogP contribution in [0.3, 0.4) is 0 Å². The van der Waals surface area contributed by atoms with Crippen LogP contribution in [0, 0.1) is 0 Å². The SMILES string of the molecule is CC(C)(N)C(=O)NC1CCCCCN(Cc2ccccc2)C1. The molecule has 0 spiro atoms. The second-order valence-electron chi connectivity index (χ2n) is 6.96. The quantitative estimate of drug-likeness (QED) is 0.897. The first-order chi connectivity index (χ1) is 10.4. The number of rotatable bonds is 4. The van der Waals surface area contributed by atoms with Crippen LogP contribution in [0.25, 0.3) is 0 Å². The third-order valence-corrected chi connectivity index (χ3v) is 4.17. The zero-order valence-corrected chi connectivity index (χ0v) is 13.8. The Hall–Kier alpha value is -1.39. The van der Waals surface area contributed by atoms with Crippen LogP contribution in [0.2, 0.25) is 0 Å². The molecule has 1 saturated heterocycles. The largest absolute Gasteiger partial charge is 0.351 e. The molecule has 3 N–H and O–H groups in total. The van der Waals surface area contributed by atoms with Gasteiger partial charge in [0.05, 0.1) is 5.54 Å². The molecule has 1 atom stereocenters. The van der Waals surface area contributed by atoms with Gasteiger partial charge in [0.2, 0.25) is 5.91 Å². The summed E-state index contributed by atoms with van der Waals surface area (Å²) in [6.07, 6.45) is 4.67. The molecule has 0 radical (unpaired) electrons. The topological polar surface area (TPSA) is 58.4 Å². The lowest BCUT2D eigenvalue weighted by Gasteiger charge is -2.32. The highest BCUT2D eigenvalue weighted by Gasteiger charge is 2.26. The minimum Gasteiger partial charge on any atom is -0.351 e. The summed E-state index contributed by atoms with van der Waals surface area (Å²) in [7, 11) is 0. The number of hydrogen-bond donors (Lipinski definition) is 2. The minimum absolute atomic E-state index is 0.0577. The maximum Gasteiger partial charge on any atom is 0.239 e. The van der Waals surface area contributed by atoms with Gasteiger partial charge in [-0.25, -0.2) is 0 Å². The fourth-order valence-corrected chi connectivity index (χ4v) is 2.87. The van der Waals surface area contributed by atoms with Crippen LogP contribution in [0.4, 0.5) is 0 Å². The van der Waals surface area contributed by atoms with E-state index in [1.807, 2.05) is 6.07 Å². The van der Waals surface area contributed by atoms with Crippen LogP contribution in [0.15, 0.2) is 30.3 Å². The van der Waals surface area contributed by atoms with Crippen LogP contribution in [-0.4, -0.2) is 35.5 Å². The van der Waals surface area contributed by atoms with Gasteiger partial charge in [-0.1, -0.05) is 43.2 Å². The van der Waals surface area contributed by atoms with Crippen molar-refractivity contribution in [2.75, 3.05) is 13.1 Å². The smallest absolute Gasteiger partial charge is 0.239 e. The molecule has 0 aliphatic carbocycles. The maximum absolute atomic E-state index is 12.1. The van der Waals surface area contributed by atoms with Crippen molar-refractivity contribution in [3.8, 4) is 0 Å². The molecule has 1 fully saturated rings. The Labute approximate surface area is 134 Å². The summed E-state index contributed by atoms with van der Waals surface area (Å²) >= 11 is 0. The van der Waals surface area contributed by atoms with Crippen molar-refractivity contribution in [2.24, 2.45) is 5.73 Å². The monoisotopic (exact) mass is 303 g/mol. The summed E-state index contributed by atoms with van der Waals surface area (Å²) < 4.78 is 0. The van der Waals surface area contributed by atoms with E-state index in [4.69, 9.17) is 5.73 Å². The first-order valence-corrected chi connectivity index (χ1v) is 8.31. The van der Waals surface area contributed by atoms with Crippen molar-refractivity contribution in [1.82, 2.24) is 10.2 Å². The molecule has 1 amide bonds. The van der Waals surface area contributed by atoms with Crippen LogP contribution in [0.5, 0.6) is 0 Å². The Bertz CT molecular complexity index is 467. The Morgan fingerprint density at radius 2 is 2.00 bits per heavy atom. The zero-order chi connectivity index (χ0) is 16.0. The summed E-state index contributed by atoms with van der Waals surface area (Å²) in [6.45, 7) is 6.45. The summed E-state index contributed by atoms with van der Waals surface area (Å²) in [5.41, 5.74) is 6.41. The van der Waals surface area contributed by atoms with Crippen molar-refractivity contribution in [3.05, 3.63) is 35.9 Å². The average Bonchev–Trinajstić information content (AvgIpc) is 2.43. The number of nitrogens with one attached hydrogen (secondary N) is 1. The van der Waals surface area contributed by atoms with Gasteiger partial charge in [0, 0.05) is 19.1 Å². The molecule has 2 rings (SSSR count). The van der Waals surface area contributed by atoms with Gasteiger partial charge >= 0.3 is 0 Å². The number of nitrogens with zero attached hydrogens (tertiary/aromatic N) is 1. The fourth-order valence-electron chi connectivity index (χ4n) is 2.87. The van der Waals surface area contributed by atoms with E-state index < -0.39 is 5.54 Å². The van der Waals surface area contributed by atoms with Gasteiger partial charge in [-0.2, -0.15) is 0 Å². The van der Waals surface area contributed by atoms with E-state index in [0.29, 0.717) is 0 Å². The van der Waals surface area contributed by atoms with E-state index in [0.717, 1.165) is 26.1 Å². The van der Waals surface area contributed by atoms with Gasteiger partial charge in [0.15, 0.2) is 0 Å². The molecule has 122 valence electrons. The van der Waals surface area contributed by atoms with E-state index in [1.54, 1.807) is 13.8 Å². The molecule has 4 heteroatoms. The molecule has 0 bridgehead atoms. The van der Waals surface area contributed by atoms with Gasteiger partial charge in [-0.3, -0.25) is 9.69 Å². The van der Waals surface area contributed by atoms with Gasteiger partial charge in [-0.15, -0.1) is 0 Å². The first kappa shape index (κ1) is 17.0. The van der Waals surface area contributed by atoms with Crippen molar-refractivity contribution in [1.29, 1.82) is 0 Å². The first-order valence-electron chi connectivity index (χ1n) is 8.31. The molecular formula is C18H29N3O. The molecule has 22 heavy (non-hydrogen) atoms. The third kappa shape index (κ3) is 5.43. The fraction of sp³-hybridized carbons (Fsp3) is 0.611. The van der Waals surface area contributed by atoms with Gasteiger partial charge in [-0.05, 0) is 38.8 Å². The Balaban J connectivity index is 1.96. The lowest BCUT2D eigenvalue weighted by Crippen LogP contribution is -2.54. The van der Waals surface area contributed by atoms with Crippen molar-refractivity contribution in [2.45, 2.75) is 57.7 Å². The number of carbonyl (C=O) groups is 1. The molecule has 0 saturated carbocycles. The van der Waals surface area contributed by atoms with Crippen LogP contribution >= 0.6 is 0 Å². The average molecular weight is 303 g/mol. The number of amides is 1. The molecule has 1 aliphatic heterocycles. The Morgan fingerprint density at radius 3 is 2.68 bits per heavy atom. The minimum atomic E-state index is -0.813. The highest BCUT2D eigenvalue weighted by Crippen LogP contribution is 2.15. The lowest BCUT2D eigenvalue weighted by atomic mass is 10.0. The van der Waals surface area contributed by atoms with E-state index in [1.165, 1.54) is 24.8 Å². The lowest BCUT2D eigenvalue weighted by molar-refractivity contribution is -0.126. The molecule has 0 aromatic heterocycles. The molecular weight excluding hydrogens is 274 g/mol. The highest BCUT2D eigenvalue weighted by atomic mass is 16.2. The second kappa shape index (κ2) is 7.75. The summed E-state index contributed by atoms with van der Waals surface area (Å²) in [5.74, 6) is -0.0577. The number of carbonyl (C=O) groups excluding carboxylic acids is 1. The normalized spacial score (nSPS) is 21.0. The highest BCUT2D eigenvalue weighted by molar-refractivity contribution is 5.85. The molecule has 1 unspecified atom stereocenters. The maximum atomic E-state index is 12.1. The molecule has 1 aliphatic rings. The Kier molecular flexibility index (Phi) is 5.98. The zero-order valence-electron chi connectivity index (χ0n) is 13.8. The predicted octanol–water partition coefficient (Wildman–Crippen LogP) is 2.28. The van der Waals surface area contributed by atoms with Crippen LogP contribution < -0.4 is 11.1 Å².